The predicted molar refractivity (Wildman–Crippen MR) is 100.0 cm³/mol. The number of nitrogens with one attached hydrogen (secondary N) is 2. The third-order valence-electron chi connectivity index (χ3n) is 3.85. The lowest BCUT2D eigenvalue weighted by Gasteiger charge is -2.15. The van der Waals surface area contributed by atoms with E-state index in [2.05, 4.69) is 10.6 Å². The highest BCUT2D eigenvalue weighted by Gasteiger charge is 2.34. The van der Waals surface area contributed by atoms with E-state index in [1.165, 1.54) is 12.0 Å². The maximum absolute atomic E-state index is 12.5. The SMILES string of the molecule is COC(=O)C1=C(Nc2ccc(NC(=O)CN(C)C)cc2)C(=O)N(CCO)C1. The summed E-state index contributed by atoms with van der Waals surface area (Å²) in [5.41, 5.74) is 1.53. The quantitative estimate of drug-likeness (QED) is 0.542. The number of β-amino-alcohol motifs (C(OH)–C–C–N with tert-alkyl or cyclic N) is 1. The molecule has 1 aromatic carbocycles. The average molecular weight is 376 g/mol. The molecule has 2 rings (SSSR count). The number of hydrogen-bond donors (Lipinski definition) is 3. The third-order valence-corrected chi connectivity index (χ3v) is 3.85. The van der Waals surface area contributed by atoms with E-state index in [1.807, 2.05) is 0 Å². The van der Waals surface area contributed by atoms with Gasteiger partial charge in [0.25, 0.3) is 5.91 Å². The number of nitrogens with zero attached hydrogens (tertiary/aromatic N) is 2. The Morgan fingerprint density at radius 3 is 2.41 bits per heavy atom. The zero-order valence-electron chi connectivity index (χ0n) is 15.6. The average Bonchev–Trinajstić information content (AvgIpc) is 2.92. The van der Waals surface area contributed by atoms with Crippen LogP contribution in [0.5, 0.6) is 0 Å². The minimum atomic E-state index is -0.598. The van der Waals surface area contributed by atoms with Crippen molar-refractivity contribution in [3.63, 3.8) is 0 Å². The van der Waals surface area contributed by atoms with Gasteiger partial charge in [0.1, 0.15) is 5.70 Å². The molecule has 9 heteroatoms. The van der Waals surface area contributed by atoms with Crippen molar-refractivity contribution in [3.05, 3.63) is 35.5 Å². The molecule has 0 atom stereocenters. The first-order valence-electron chi connectivity index (χ1n) is 8.39. The maximum atomic E-state index is 12.5. The van der Waals surface area contributed by atoms with E-state index in [1.54, 1.807) is 43.3 Å². The molecule has 1 aromatic rings. The molecule has 0 aliphatic carbocycles. The number of anilines is 2. The van der Waals surface area contributed by atoms with Gasteiger partial charge in [-0.05, 0) is 38.4 Å². The van der Waals surface area contributed by atoms with Gasteiger partial charge in [0.05, 0.1) is 32.4 Å². The summed E-state index contributed by atoms with van der Waals surface area (Å²) in [6.45, 7) is 0.272. The molecule has 0 saturated heterocycles. The molecule has 146 valence electrons. The van der Waals surface area contributed by atoms with Crippen molar-refractivity contribution in [2.45, 2.75) is 0 Å². The second-order valence-corrected chi connectivity index (χ2v) is 6.28. The Morgan fingerprint density at radius 1 is 1.22 bits per heavy atom. The van der Waals surface area contributed by atoms with E-state index in [4.69, 9.17) is 9.84 Å². The van der Waals surface area contributed by atoms with Gasteiger partial charge >= 0.3 is 5.97 Å². The number of likely N-dealkylation sites (N-methyl/N-ethyl adjacent to an activating group) is 1. The molecular formula is C18H24N4O5. The van der Waals surface area contributed by atoms with Crippen LogP contribution < -0.4 is 10.6 Å². The predicted octanol–water partition coefficient (Wildman–Crippen LogP) is -0.140. The molecular weight excluding hydrogens is 352 g/mol. The van der Waals surface area contributed by atoms with Crippen LogP contribution in [0.2, 0.25) is 0 Å². The van der Waals surface area contributed by atoms with Gasteiger partial charge in [0, 0.05) is 17.9 Å². The number of rotatable bonds is 8. The molecule has 9 nitrogen and oxygen atoms in total. The van der Waals surface area contributed by atoms with Crippen molar-refractivity contribution in [2.24, 2.45) is 0 Å². The van der Waals surface area contributed by atoms with E-state index < -0.39 is 5.97 Å². The minimum absolute atomic E-state index is 0.0765. The monoisotopic (exact) mass is 376 g/mol. The molecule has 0 unspecified atom stereocenters. The Kier molecular flexibility index (Phi) is 6.91. The van der Waals surface area contributed by atoms with Crippen molar-refractivity contribution in [3.8, 4) is 0 Å². The van der Waals surface area contributed by atoms with Crippen LogP contribution in [-0.4, -0.2) is 80.1 Å². The fourth-order valence-corrected chi connectivity index (χ4v) is 2.62. The summed E-state index contributed by atoms with van der Waals surface area (Å²) in [6.07, 6.45) is 0. The van der Waals surface area contributed by atoms with Crippen LogP contribution in [-0.2, 0) is 19.1 Å². The molecule has 27 heavy (non-hydrogen) atoms. The summed E-state index contributed by atoms with van der Waals surface area (Å²) in [7, 11) is 4.85. The van der Waals surface area contributed by atoms with E-state index >= 15 is 0 Å². The normalized spacial score (nSPS) is 14.0. The zero-order chi connectivity index (χ0) is 20.0. The van der Waals surface area contributed by atoms with Crippen molar-refractivity contribution < 1.29 is 24.2 Å². The lowest BCUT2D eigenvalue weighted by Crippen LogP contribution is -2.31. The molecule has 1 heterocycles. The topological polar surface area (TPSA) is 111 Å². The van der Waals surface area contributed by atoms with E-state index in [0.29, 0.717) is 11.4 Å². The number of esters is 1. The summed E-state index contributed by atoms with van der Waals surface area (Å²) in [6, 6.07) is 6.77. The number of ether oxygens (including phenoxy) is 1. The van der Waals surface area contributed by atoms with E-state index in [9.17, 15) is 14.4 Å². The van der Waals surface area contributed by atoms with Crippen LogP contribution in [0.25, 0.3) is 0 Å². The molecule has 0 spiro atoms. The minimum Gasteiger partial charge on any atom is -0.466 e. The van der Waals surface area contributed by atoms with Crippen LogP contribution >= 0.6 is 0 Å². The number of amides is 2. The molecule has 0 saturated carbocycles. The lowest BCUT2D eigenvalue weighted by molar-refractivity contribution is -0.136. The Bertz CT molecular complexity index is 743. The number of aliphatic hydroxyl groups is 1. The first kappa shape index (κ1) is 20.4. The van der Waals surface area contributed by atoms with E-state index in [-0.39, 0.29) is 49.3 Å². The van der Waals surface area contributed by atoms with Crippen LogP contribution in [0, 0.1) is 0 Å². The van der Waals surface area contributed by atoms with E-state index in [0.717, 1.165) is 0 Å². The Balaban J connectivity index is 2.12. The van der Waals surface area contributed by atoms with Gasteiger partial charge < -0.3 is 30.3 Å². The molecule has 1 aliphatic rings. The van der Waals surface area contributed by atoms with Crippen LogP contribution in [0.3, 0.4) is 0 Å². The van der Waals surface area contributed by atoms with Gasteiger partial charge in [0.2, 0.25) is 5.91 Å². The Hall–Kier alpha value is -2.91. The van der Waals surface area contributed by atoms with Crippen molar-refractivity contribution in [2.75, 3.05) is 58.1 Å². The van der Waals surface area contributed by atoms with Crippen LogP contribution in [0.4, 0.5) is 11.4 Å². The molecule has 0 radical (unpaired) electrons. The molecule has 0 aromatic heterocycles. The summed E-state index contributed by atoms with van der Waals surface area (Å²) in [4.78, 5) is 39.3. The highest BCUT2D eigenvalue weighted by molar-refractivity contribution is 6.08. The van der Waals surface area contributed by atoms with Gasteiger partial charge in [-0.15, -0.1) is 0 Å². The third kappa shape index (κ3) is 5.28. The van der Waals surface area contributed by atoms with Gasteiger partial charge in [-0.3, -0.25) is 9.59 Å². The summed E-state index contributed by atoms with van der Waals surface area (Å²) in [5.74, 6) is -1.12. The highest BCUT2D eigenvalue weighted by Crippen LogP contribution is 2.23. The van der Waals surface area contributed by atoms with Crippen molar-refractivity contribution in [1.29, 1.82) is 0 Å². The summed E-state index contributed by atoms with van der Waals surface area (Å²) < 4.78 is 4.74. The second-order valence-electron chi connectivity index (χ2n) is 6.28. The van der Waals surface area contributed by atoms with Gasteiger partial charge in [-0.2, -0.15) is 0 Å². The molecule has 0 bridgehead atoms. The smallest absolute Gasteiger partial charge is 0.337 e. The fraction of sp³-hybridized carbons (Fsp3) is 0.389. The maximum Gasteiger partial charge on any atom is 0.337 e. The number of methoxy groups -OCH3 is 1. The van der Waals surface area contributed by atoms with Crippen LogP contribution in [0.1, 0.15) is 0 Å². The number of benzene rings is 1. The Labute approximate surface area is 157 Å². The molecule has 3 N–H and O–H groups in total. The van der Waals surface area contributed by atoms with Crippen molar-refractivity contribution >= 4 is 29.2 Å². The number of carbonyl (C=O) groups is 3. The fourth-order valence-electron chi connectivity index (χ4n) is 2.62. The largest absolute Gasteiger partial charge is 0.466 e. The second kappa shape index (κ2) is 9.15. The zero-order valence-corrected chi connectivity index (χ0v) is 15.6. The Morgan fingerprint density at radius 2 is 1.85 bits per heavy atom. The number of aliphatic hydroxyl groups excluding tert-OH is 1. The van der Waals surface area contributed by atoms with Gasteiger partial charge in [-0.1, -0.05) is 0 Å². The first-order valence-corrected chi connectivity index (χ1v) is 8.39. The molecule has 0 fully saturated rings. The van der Waals surface area contributed by atoms with Gasteiger partial charge in [-0.25, -0.2) is 4.79 Å². The molecule has 2 amide bonds. The standard InChI is InChI=1S/C18H24N4O5/c1-21(2)11-15(24)19-12-4-6-13(7-5-12)20-16-14(18(26)27-3)10-22(8-9-23)17(16)25/h4-7,20,23H,8-11H2,1-3H3,(H,19,24). The first-order chi connectivity index (χ1) is 12.8. The van der Waals surface area contributed by atoms with Crippen molar-refractivity contribution in [1.82, 2.24) is 9.80 Å². The summed E-state index contributed by atoms with van der Waals surface area (Å²) >= 11 is 0. The lowest BCUT2D eigenvalue weighted by atomic mass is 10.2. The number of hydrogen-bond acceptors (Lipinski definition) is 7. The highest BCUT2D eigenvalue weighted by atomic mass is 16.5. The summed E-state index contributed by atoms with van der Waals surface area (Å²) in [5, 5.41) is 14.8. The molecule has 1 aliphatic heterocycles. The van der Waals surface area contributed by atoms with Crippen LogP contribution in [0.15, 0.2) is 35.5 Å². The van der Waals surface area contributed by atoms with Gasteiger partial charge in [0.15, 0.2) is 0 Å². The number of carbonyl (C=O) groups excluding carboxylic acids is 3.